The molecule has 3 rings (SSSR count). The molecule has 0 amide bonds. The van der Waals surface area contributed by atoms with Crippen molar-refractivity contribution in [2.45, 2.75) is 30.4 Å². The van der Waals surface area contributed by atoms with E-state index in [0.29, 0.717) is 23.6 Å². The number of thioether (sulfide) groups is 1. The Morgan fingerprint density at radius 1 is 1.42 bits per heavy atom. The standard InChI is InChI=1S/C18H21ClN2O3S2/c1-12(19)10-21-17-8-16(25-2)4-3-13(17)7-14(18(21)22)9-20-15-5-6-26(23,24)11-15/h3-4,7-8,15,20H,1,5-6,9-11H2,2H3/t15-/m1/s1. The van der Waals surface area contributed by atoms with Crippen LogP contribution in [0.25, 0.3) is 10.9 Å². The van der Waals surface area contributed by atoms with Crippen molar-refractivity contribution in [3.8, 4) is 0 Å². The SMILES string of the molecule is C=C(Cl)Cn1c(=O)c(CN[C@@H]2CCS(=O)(=O)C2)cc2ccc(SC)cc21. The van der Waals surface area contributed by atoms with Gasteiger partial charge in [0, 0.05) is 28.1 Å². The first-order chi connectivity index (χ1) is 12.3. The fourth-order valence-electron chi connectivity index (χ4n) is 3.20. The number of allylic oxidation sites excluding steroid dienone is 1. The third kappa shape index (κ3) is 4.34. The van der Waals surface area contributed by atoms with Crippen LogP contribution in [0.2, 0.25) is 0 Å². The van der Waals surface area contributed by atoms with Crippen molar-refractivity contribution in [3.63, 3.8) is 0 Å². The molecule has 1 aliphatic heterocycles. The maximum Gasteiger partial charge on any atom is 0.255 e. The molecule has 1 aromatic carbocycles. The average molecular weight is 413 g/mol. The smallest absolute Gasteiger partial charge is 0.255 e. The summed E-state index contributed by atoms with van der Waals surface area (Å²) < 4.78 is 24.8. The van der Waals surface area contributed by atoms with Crippen molar-refractivity contribution in [2.24, 2.45) is 0 Å². The van der Waals surface area contributed by atoms with Gasteiger partial charge in [-0.25, -0.2) is 8.42 Å². The van der Waals surface area contributed by atoms with Gasteiger partial charge in [0.05, 0.1) is 23.6 Å². The van der Waals surface area contributed by atoms with Crippen LogP contribution >= 0.6 is 23.4 Å². The summed E-state index contributed by atoms with van der Waals surface area (Å²) >= 11 is 7.59. The number of pyridine rings is 1. The van der Waals surface area contributed by atoms with E-state index in [1.54, 1.807) is 16.3 Å². The molecule has 0 bridgehead atoms. The van der Waals surface area contributed by atoms with Gasteiger partial charge in [-0.05, 0) is 36.3 Å². The average Bonchev–Trinajstić information content (AvgIpc) is 2.94. The van der Waals surface area contributed by atoms with Crippen LogP contribution in [0.3, 0.4) is 0 Å². The van der Waals surface area contributed by atoms with Crippen LogP contribution in [-0.4, -0.2) is 36.8 Å². The third-order valence-corrected chi connectivity index (χ3v) is 7.13. The van der Waals surface area contributed by atoms with Gasteiger partial charge in [-0.15, -0.1) is 11.8 Å². The van der Waals surface area contributed by atoms with Gasteiger partial charge in [0.25, 0.3) is 5.56 Å². The number of fused-ring (bicyclic) bond motifs is 1. The van der Waals surface area contributed by atoms with E-state index in [2.05, 4.69) is 11.9 Å². The van der Waals surface area contributed by atoms with E-state index >= 15 is 0 Å². The molecule has 0 aliphatic carbocycles. The van der Waals surface area contributed by atoms with Gasteiger partial charge >= 0.3 is 0 Å². The zero-order valence-corrected chi connectivity index (χ0v) is 16.9. The molecule has 1 saturated heterocycles. The molecule has 2 heterocycles. The van der Waals surface area contributed by atoms with Crippen LogP contribution in [0, 0.1) is 0 Å². The number of nitrogens with one attached hydrogen (secondary N) is 1. The van der Waals surface area contributed by atoms with E-state index in [9.17, 15) is 13.2 Å². The highest BCUT2D eigenvalue weighted by molar-refractivity contribution is 7.98. The second-order valence-electron chi connectivity index (χ2n) is 6.48. The minimum absolute atomic E-state index is 0.106. The molecule has 0 spiro atoms. The predicted molar refractivity (Wildman–Crippen MR) is 109 cm³/mol. The van der Waals surface area contributed by atoms with E-state index in [0.717, 1.165) is 15.8 Å². The molecule has 5 nitrogen and oxygen atoms in total. The highest BCUT2D eigenvalue weighted by Gasteiger charge is 2.27. The topological polar surface area (TPSA) is 68.2 Å². The molecule has 26 heavy (non-hydrogen) atoms. The fourth-order valence-corrected chi connectivity index (χ4v) is 5.46. The Labute approximate surface area is 162 Å². The van der Waals surface area contributed by atoms with Crippen molar-refractivity contribution in [1.82, 2.24) is 9.88 Å². The monoisotopic (exact) mass is 412 g/mol. The van der Waals surface area contributed by atoms with Crippen molar-refractivity contribution in [3.05, 3.63) is 51.8 Å². The Balaban J connectivity index is 1.96. The Morgan fingerprint density at radius 3 is 2.81 bits per heavy atom. The number of nitrogens with zero attached hydrogens (tertiary/aromatic N) is 1. The summed E-state index contributed by atoms with van der Waals surface area (Å²) in [5.74, 6) is 0.334. The van der Waals surface area contributed by atoms with Crippen molar-refractivity contribution < 1.29 is 8.42 Å². The summed E-state index contributed by atoms with van der Waals surface area (Å²) in [5, 5.41) is 4.54. The lowest BCUT2D eigenvalue weighted by Crippen LogP contribution is -2.33. The Bertz CT molecular complexity index is 1020. The van der Waals surface area contributed by atoms with Gasteiger partial charge in [0.2, 0.25) is 0 Å². The highest BCUT2D eigenvalue weighted by atomic mass is 35.5. The minimum Gasteiger partial charge on any atom is -0.309 e. The number of hydrogen-bond donors (Lipinski definition) is 1. The Hall–Kier alpha value is -1.28. The summed E-state index contributed by atoms with van der Waals surface area (Å²) in [6.07, 6.45) is 2.57. The normalized spacial score (nSPS) is 19.1. The van der Waals surface area contributed by atoms with E-state index in [-0.39, 0.29) is 29.7 Å². The molecule has 0 unspecified atom stereocenters. The van der Waals surface area contributed by atoms with E-state index in [4.69, 9.17) is 11.6 Å². The first-order valence-corrected chi connectivity index (χ1v) is 11.7. The zero-order chi connectivity index (χ0) is 18.9. The first-order valence-electron chi connectivity index (χ1n) is 8.26. The maximum absolute atomic E-state index is 12.9. The van der Waals surface area contributed by atoms with Gasteiger partial charge in [-0.1, -0.05) is 24.2 Å². The molecule has 0 radical (unpaired) electrons. The largest absolute Gasteiger partial charge is 0.309 e. The third-order valence-electron chi connectivity index (χ3n) is 4.52. The number of sulfone groups is 1. The van der Waals surface area contributed by atoms with Crippen LogP contribution in [-0.2, 0) is 22.9 Å². The van der Waals surface area contributed by atoms with E-state index in [1.807, 2.05) is 30.5 Å². The molecule has 1 aliphatic rings. The summed E-state index contributed by atoms with van der Waals surface area (Å²) in [6, 6.07) is 7.73. The fraction of sp³-hybridized carbons (Fsp3) is 0.389. The quantitative estimate of drug-likeness (QED) is 0.739. The van der Waals surface area contributed by atoms with E-state index < -0.39 is 9.84 Å². The van der Waals surface area contributed by atoms with Crippen LogP contribution in [0.4, 0.5) is 0 Å². The Kier molecular flexibility index (Phi) is 5.81. The molecule has 0 saturated carbocycles. The molecule has 1 aromatic heterocycles. The van der Waals surface area contributed by atoms with Crippen LogP contribution in [0.5, 0.6) is 0 Å². The van der Waals surface area contributed by atoms with Crippen LogP contribution in [0.1, 0.15) is 12.0 Å². The Morgan fingerprint density at radius 2 is 2.19 bits per heavy atom. The molecule has 1 N–H and O–H groups in total. The van der Waals surface area contributed by atoms with E-state index in [1.165, 1.54) is 0 Å². The molecule has 2 aromatic rings. The van der Waals surface area contributed by atoms with Gasteiger partial charge in [-0.2, -0.15) is 0 Å². The van der Waals surface area contributed by atoms with Crippen LogP contribution in [0.15, 0.2) is 45.6 Å². The number of hydrogen-bond acceptors (Lipinski definition) is 5. The predicted octanol–water partition coefficient (Wildman–Crippen LogP) is 2.75. The molecular weight excluding hydrogens is 392 g/mol. The lowest BCUT2D eigenvalue weighted by molar-refractivity contribution is 0.550. The minimum atomic E-state index is -2.95. The lowest BCUT2D eigenvalue weighted by atomic mass is 10.1. The van der Waals surface area contributed by atoms with Crippen molar-refractivity contribution >= 4 is 44.1 Å². The van der Waals surface area contributed by atoms with Crippen molar-refractivity contribution in [1.29, 1.82) is 0 Å². The lowest BCUT2D eigenvalue weighted by Gasteiger charge is -2.15. The highest BCUT2D eigenvalue weighted by Crippen LogP contribution is 2.23. The summed E-state index contributed by atoms with van der Waals surface area (Å²) in [5.41, 5.74) is 1.28. The van der Waals surface area contributed by atoms with Crippen LogP contribution < -0.4 is 10.9 Å². The molecule has 8 heteroatoms. The molecule has 1 atom stereocenters. The summed E-state index contributed by atoms with van der Waals surface area (Å²) in [4.78, 5) is 14.0. The number of rotatable bonds is 6. The second kappa shape index (κ2) is 7.76. The molecule has 1 fully saturated rings. The van der Waals surface area contributed by atoms with Crippen molar-refractivity contribution in [2.75, 3.05) is 17.8 Å². The van der Waals surface area contributed by atoms with Gasteiger partial charge < -0.3 is 9.88 Å². The van der Waals surface area contributed by atoms with Gasteiger partial charge in [0.1, 0.15) is 0 Å². The number of aromatic nitrogens is 1. The first kappa shape index (κ1) is 19.5. The summed E-state index contributed by atoms with van der Waals surface area (Å²) in [6.45, 7) is 4.28. The molecular formula is C18H21ClN2O3S2. The number of halogens is 1. The molecule has 140 valence electrons. The maximum atomic E-state index is 12.9. The second-order valence-corrected chi connectivity index (χ2v) is 10.1. The van der Waals surface area contributed by atoms with Gasteiger partial charge in [0.15, 0.2) is 9.84 Å². The number of benzene rings is 1. The zero-order valence-electron chi connectivity index (χ0n) is 14.5. The van der Waals surface area contributed by atoms with Gasteiger partial charge in [-0.3, -0.25) is 4.79 Å². The summed E-state index contributed by atoms with van der Waals surface area (Å²) in [7, 11) is -2.95.